The highest BCUT2D eigenvalue weighted by atomic mass is 16.5. The summed E-state index contributed by atoms with van der Waals surface area (Å²) < 4.78 is 10.8. The van der Waals surface area contributed by atoms with Crippen LogP contribution in [0.3, 0.4) is 0 Å². The Kier molecular flexibility index (Phi) is 7.68. The first kappa shape index (κ1) is 19.5. The van der Waals surface area contributed by atoms with Gasteiger partial charge in [0.15, 0.2) is 6.10 Å². The molecule has 0 aromatic heterocycles. The molecule has 1 unspecified atom stereocenters. The largest absolute Gasteiger partial charge is 0.494 e. The van der Waals surface area contributed by atoms with E-state index in [1.54, 1.807) is 6.92 Å². The number of hydrogen-bond acceptors (Lipinski definition) is 4. The highest BCUT2D eigenvalue weighted by Crippen LogP contribution is 2.12. The molecule has 0 aliphatic carbocycles. The van der Waals surface area contributed by atoms with Gasteiger partial charge in [0.05, 0.1) is 6.61 Å². The van der Waals surface area contributed by atoms with Crippen molar-refractivity contribution >= 4 is 11.9 Å². The minimum atomic E-state index is -0.816. The number of carbonyl (C=O) groups excluding carboxylic acids is 2. The van der Waals surface area contributed by atoms with E-state index in [2.05, 4.69) is 5.32 Å². The van der Waals surface area contributed by atoms with Crippen molar-refractivity contribution in [3.05, 3.63) is 65.7 Å². The normalized spacial score (nSPS) is 11.5. The van der Waals surface area contributed by atoms with E-state index in [0.29, 0.717) is 19.6 Å². The molecule has 26 heavy (non-hydrogen) atoms. The van der Waals surface area contributed by atoms with E-state index >= 15 is 0 Å². The Labute approximate surface area is 154 Å². The minimum Gasteiger partial charge on any atom is -0.494 e. The van der Waals surface area contributed by atoms with Crippen LogP contribution in [0.1, 0.15) is 30.9 Å². The molecule has 2 aromatic carbocycles. The third-order valence-electron chi connectivity index (χ3n) is 3.77. The first-order valence-electron chi connectivity index (χ1n) is 8.75. The smallest absolute Gasteiger partial charge is 0.306 e. The Morgan fingerprint density at radius 1 is 1.08 bits per heavy atom. The van der Waals surface area contributed by atoms with Crippen LogP contribution in [0.25, 0.3) is 0 Å². The number of ether oxygens (including phenoxy) is 2. The molecule has 0 aliphatic rings. The zero-order valence-electron chi connectivity index (χ0n) is 15.2. The fourth-order valence-electron chi connectivity index (χ4n) is 2.35. The topological polar surface area (TPSA) is 64.6 Å². The molecule has 0 spiro atoms. The van der Waals surface area contributed by atoms with Crippen LogP contribution in [0.15, 0.2) is 54.6 Å². The van der Waals surface area contributed by atoms with Crippen molar-refractivity contribution in [1.82, 2.24) is 5.32 Å². The van der Waals surface area contributed by atoms with Gasteiger partial charge in [0.25, 0.3) is 5.91 Å². The standard InChI is InChI=1S/C21H25NO4/c1-16-8-6-11-19(14-16)25-13-7-12-20(23)26-17(2)21(24)22-15-18-9-4-3-5-10-18/h3-6,8-11,14,17H,7,12-13,15H2,1-2H3,(H,22,24). The molecule has 2 aromatic rings. The first-order chi connectivity index (χ1) is 12.5. The lowest BCUT2D eigenvalue weighted by Crippen LogP contribution is -2.35. The zero-order valence-corrected chi connectivity index (χ0v) is 15.2. The molecule has 0 saturated carbocycles. The summed E-state index contributed by atoms with van der Waals surface area (Å²) >= 11 is 0. The lowest BCUT2D eigenvalue weighted by atomic mass is 10.2. The maximum atomic E-state index is 12.0. The number of amides is 1. The molecule has 1 atom stereocenters. The van der Waals surface area contributed by atoms with E-state index in [4.69, 9.17) is 9.47 Å². The fraction of sp³-hybridized carbons (Fsp3) is 0.333. The third-order valence-corrected chi connectivity index (χ3v) is 3.77. The summed E-state index contributed by atoms with van der Waals surface area (Å²) in [6.45, 7) is 4.40. The van der Waals surface area contributed by atoms with Crippen LogP contribution in [-0.4, -0.2) is 24.6 Å². The van der Waals surface area contributed by atoms with Gasteiger partial charge in [-0.25, -0.2) is 0 Å². The molecule has 0 heterocycles. The SMILES string of the molecule is Cc1cccc(OCCCC(=O)OC(C)C(=O)NCc2ccccc2)c1. The molecule has 1 amide bonds. The second kappa shape index (κ2) is 10.2. The summed E-state index contributed by atoms with van der Waals surface area (Å²) in [4.78, 5) is 23.8. The molecular weight excluding hydrogens is 330 g/mol. The van der Waals surface area contributed by atoms with Gasteiger partial charge in [-0.3, -0.25) is 9.59 Å². The molecule has 0 bridgehead atoms. The van der Waals surface area contributed by atoms with Crippen molar-refractivity contribution < 1.29 is 19.1 Å². The second-order valence-corrected chi connectivity index (χ2v) is 6.10. The van der Waals surface area contributed by atoms with E-state index < -0.39 is 12.1 Å². The van der Waals surface area contributed by atoms with Gasteiger partial charge in [0, 0.05) is 13.0 Å². The fourth-order valence-corrected chi connectivity index (χ4v) is 2.35. The number of benzene rings is 2. The number of esters is 1. The van der Waals surface area contributed by atoms with Crippen LogP contribution >= 0.6 is 0 Å². The Balaban J connectivity index is 1.62. The average molecular weight is 355 g/mol. The van der Waals surface area contributed by atoms with Gasteiger partial charge in [-0.2, -0.15) is 0 Å². The Morgan fingerprint density at radius 3 is 2.58 bits per heavy atom. The number of nitrogens with one attached hydrogen (secondary N) is 1. The summed E-state index contributed by atoms with van der Waals surface area (Å²) in [6.07, 6.45) is -0.0725. The quantitative estimate of drug-likeness (QED) is 0.553. The number of rotatable bonds is 9. The number of carbonyl (C=O) groups is 2. The number of hydrogen-bond donors (Lipinski definition) is 1. The zero-order chi connectivity index (χ0) is 18.8. The summed E-state index contributed by atoms with van der Waals surface area (Å²) in [7, 11) is 0. The molecule has 0 aliphatic heterocycles. The van der Waals surface area contributed by atoms with E-state index in [0.717, 1.165) is 16.9 Å². The summed E-state index contributed by atoms with van der Waals surface area (Å²) in [5, 5.41) is 2.76. The Morgan fingerprint density at radius 2 is 1.85 bits per heavy atom. The molecule has 0 fully saturated rings. The van der Waals surface area contributed by atoms with Gasteiger partial charge in [-0.05, 0) is 43.5 Å². The second-order valence-electron chi connectivity index (χ2n) is 6.10. The van der Waals surface area contributed by atoms with Crippen LogP contribution in [0.4, 0.5) is 0 Å². The van der Waals surface area contributed by atoms with Gasteiger partial charge in [-0.1, -0.05) is 42.5 Å². The van der Waals surface area contributed by atoms with E-state index in [-0.39, 0.29) is 12.3 Å². The third kappa shape index (κ3) is 6.97. The van der Waals surface area contributed by atoms with Gasteiger partial charge in [0.2, 0.25) is 0 Å². The Bertz CT molecular complexity index is 715. The van der Waals surface area contributed by atoms with Gasteiger partial charge in [0.1, 0.15) is 5.75 Å². The lowest BCUT2D eigenvalue weighted by Gasteiger charge is -2.13. The van der Waals surface area contributed by atoms with E-state index in [1.807, 2.05) is 61.5 Å². The molecule has 1 N–H and O–H groups in total. The van der Waals surface area contributed by atoms with Crippen molar-refractivity contribution in [1.29, 1.82) is 0 Å². The maximum Gasteiger partial charge on any atom is 0.306 e. The summed E-state index contributed by atoms with van der Waals surface area (Å²) in [5.74, 6) is 0.0745. The lowest BCUT2D eigenvalue weighted by molar-refractivity contribution is -0.155. The van der Waals surface area contributed by atoms with E-state index in [1.165, 1.54) is 0 Å². The van der Waals surface area contributed by atoms with Crippen molar-refractivity contribution in [3.8, 4) is 5.75 Å². The minimum absolute atomic E-state index is 0.210. The molecule has 0 saturated heterocycles. The highest BCUT2D eigenvalue weighted by molar-refractivity contribution is 5.83. The summed E-state index contributed by atoms with van der Waals surface area (Å²) in [5.41, 5.74) is 2.12. The predicted octanol–water partition coefficient (Wildman–Crippen LogP) is 3.40. The van der Waals surface area contributed by atoms with Crippen LogP contribution in [0, 0.1) is 6.92 Å². The number of aryl methyl sites for hydroxylation is 1. The van der Waals surface area contributed by atoms with Crippen LogP contribution < -0.4 is 10.1 Å². The van der Waals surface area contributed by atoms with Gasteiger partial charge < -0.3 is 14.8 Å². The van der Waals surface area contributed by atoms with Crippen molar-refractivity contribution in [3.63, 3.8) is 0 Å². The summed E-state index contributed by atoms with van der Waals surface area (Å²) in [6, 6.07) is 17.3. The van der Waals surface area contributed by atoms with Crippen LogP contribution in [-0.2, 0) is 20.9 Å². The van der Waals surface area contributed by atoms with Crippen LogP contribution in [0.5, 0.6) is 5.75 Å². The molecular formula is C21H25NO4. The molecule has 138 valence electrons. The van der Waals surface area contributed by atoms with E-state index in [9.17, 15) is 9.59 Å². The monoisotopic (exact) mass is 355 g/mol. The molecule has 0 radical (unpaired) electrons. The Hall–Kier alpha value is -2.82. The molecule has 2 rings (SSSR count). The molecule has 5 heteroatoms. The van der Waals surface area contributed by atoms with Crippen molar-refractivity contribution in [2.24, 2.45) is 0 Å². The molecule has 5 nitrogen and oxygen atoms in total. The van der Waals surface area contributed by atoms with Crippen molar-refractivity contribution in [2.45, 2.75) is 39.3 Å². The highest BCUT2D eigenvalue weighted by Gasteiger charge is 2.17. The predicted molar refractivity (Wildman–Crippen MR) is 99.8 cm³/mol. The van der Waals surface area contributed by atoms with Crippen LogP contribution in [0.2, 0.25) is 0 Å². The van der Waals surface area contributed by atoms with Gasteiger partial charge in [-0.15, -0.1) is 0 Å². The van der Waals surface area contributed by atoms with Gasteiger partial charge >= 0.3 is 5.97 Å². The van der Waals surface area contributed by atoms with Crippen molar-refractivity contribution in [2.75, 3.05) is 6.61 Å². The first-order valence-corrected chi connectivity index (χ1v) is 8.75. The maximum absolute atomic E-state index is 12.0. The average Bonchev–Trinajstić information content (AvgIpc) is 2.64.